The Hall–Kier alpha value is -2.17. The molecule has 1 N–H and O–H groups in total. The molecule has 1 atom stereocenters. The highest BCUT2D eigenvalue weighted by molar-refractivity contribution is 5.76. The normalized spacial score (nSPS) is 15.5. The van der Waals surface area contributed by atoms with E-state index in [1.165, 1.54) is 24.0 Å². The zero-order valence-corrected chi connectivity index (χ0v) is 14.6. The number of amides is 1. The van der Waals surface area contributed by atoms with Gasteiger partial charge in [0.1, 0.15) is 0 Å². The predicted molar refractivity (Wildman–Crippen MR) is 91.5 cm³/mol. The average molecular weight is 327 g/mol. The number of nitrogens with one attached hydrogen (secondary N) is 1. The first-order chi connectivity index (χ1) is 11.5. The van der Waals surface area contributed by atoms with Crippen molar-refractivity contribution >= 4 is 5.91 Å². The van der Waals surface area contributed by atoms with Crippen molar-refractivity contribution in [3.05, 3.63) is 47.1 Å². The van der Waals surface area contributed by atoms with Gasteiger partial charge in [0.15, 0.2) is 5.82 Å². The van der Waals surface area contributed by atoms with Gasteiger partial charge in [0.25, 0.3) is 0 Å². The first-order valence-electron chi connectivity index (χ1n) is 8.71. The summed E-state index contributed by atoms with van der Waals surface area (Å²) in [6.45, 7) is 6.11. The van der Waals surface area contributed by atoms with Crippen molar-refractivity contribution in [3.63, 3.8) is 0 Å². The van der Waals surface area contributed by atoms with Gasteiger partial charge in [-0.3, -0.25) is 4.79 Å². The molecule has 0 spiro atoms. The van der Waals surface area contributed by atoms with Gasteiger partial charge in [0.05, 0.1) is 6.04 Å². The SMILES string of the molecule is Cc1ccc([C@H](NC(=O)CCc2nc(C(C)C)no2)C2CC2)cc1. The molecule has 1 aromatic heterocycles. The number of carbonyl (C=O) groups excluding carboxylic acids is 1. The van der Waals surface area contributed by atoms with Crippen molar-refractivity contribution in [1.82, 2.24) is 15.5 Å². The minimum absolute atomic E-state index is 0.0387. The van der Waals surface area contributed by atoms with Crippen molar-refractivity contribution in [2.75, 3.05) is 0 Å². The Bertz CT molecular complexity index is 687. The third kappa shape index (κ3) is 4.22. The van der Waals surface area contributed by atoms with Crippen LogP contribution >= 0.6 is 0 Å². The van der Waals surface area contributed by atoms with Gasteiger partial charge in [-0.15, -0.1) is 0 Å². The zero-order valence-electron chi connectivity index (χ0n) is 14.6. The molecule has 2 aromatic rings. The third-order valence-corrected chi connectivity index (χ3v) is 4.41. The van der Waals surface area contributed by atoms with E-state index in [1.807, 2.05) is 13.8 Å². The van der Waals surface area contributed by atoms with Crippen LogP contribution in [-0.4, -0.2) is 16.0 Å². The zero-order chi connectivity index (χ0) is 17.1. The lowest BCUT2D eigenvalue weighted by Crippen LogP contribution is -2.30. The third-order valence-electron chi connectivity index (χ3n) is 4.41. The monoisotopic (exact) mass is 327 g/mol. The van der Waals surface area contributed by atoms with Gasteiger partial charge in [-0.2, -0.15) is 4.98 Å². The quantitative estimate of drug-likeness (QED) is 0.842. The summed E-state index contributed by atoms with van der Waals surface area (Å²) in [5.41, 5.74) is 2.42. The van der Waals surface area contributed by atoms with Gasteiger partial charge < -0.3 is 9.84 Å². The Balaban J connectivity index is 1.56. The molecule has 0 unspecified atom stereocenters. The maximum Gasteiger partial charge on any atom is 0.227 e. The highest BCUT2D eigenvalue weighted by Crippen LogP contribution is 2.41. The summed E-state index contributed by atoms with van der Waals surface area (Å²) in [5.74, 6) is 2.06. The van der Waals surface area contributed by atoms with E-state index in [0.717, 1.165) is 0 Å². The smallest absolute Gasteiger partial charge is 0.227 e. The van der Waals surface area contributed by atoms with Crippen LogP contribution in [0.25, 0.3) is 0 Å². The van der Waals surface area contributed by atoms with E-state index in [0.29, 0.717) is 30.5 Å². The van der Waals surface area contributed by atoms with Crippen LogP contribution in [0.4, 0.5) is 0 Å². The fraction of sp³-hybridized carbons (Fsp3) is 0.526. The molecule has 24 heavy (non-hydrogen) atoms. The van der Waals surface area contributed by atoms with Crippen LogP contribution in [0, 0.1) is 12.8 Å². The minimum Gasteiger partial charge on any atom is -0.349 e. The minimum atomic E-state index is 0.0387. The second-order valence-corrected chi connectivity index (χ2v) is 6.99. The first-order valence-corrected chi connectivity index (χ1v) is 8.71. The molecule has 1 amide bonds. The van der Waals surface area contributed by atoms with Crippen LogP contribution in [0.1, 0.15) is 67.9 Å². The van der Waals surface area contributed by atoms with Crippen molar-refractivity contribution in [2.45, 2.75) is 58.4 Å². The summed E-state index contributed by atoms with van der Waals surface area (Å²) in [6, 6.07) is 8.55. The molecule has 0 saturated heterocycles. The molecule has 5 heteroatoms. The van der Waals surface area contributed by atoms with Crippen LogP contribution in [-0.2, 0) is 11.2 Å². The fourth-order valence-corrected chi connectivity index (χ4v) is 2.75. The summed E-state index contributed by atoms with van der Waals surface area (Å²) in [4.78, 5) is 16.7. The van der Waals surface area contributed by atoms with Crippen LogP contribution in [0.5, 0.6) is 0 Å². The highest BCUT2D eigenvalue weighted by atomic mass is 16.5. The molecule has 5 nitrogen and oxygen atoms in total. The number of carbonyl (C=O) groups is 1. The van der Waals surface area contributed by atoms with Crippen LogP contribution < -0.4 is 5.32 Å². The summed E-state index contributed by atoms with van der Waals surface area (Å²) in [5, 5.41) is 7.12. The lowest BCUT2D eigenvalue weighted by atomic mass is 10.0. The lowest BCUT2D eigenvalue weighted by Gasteiger charge is -2.19. The topological polar surface area (TPSA) is 68.0 Å². The maximum absolute atomic E-state index is 12.3. The number of aromatic nitrogens is 2. The molecular formula is C19H25N3O2. The standard InChI is InChI=1S/C19H25N3O2/c1-12(2)19-21-17(24-22-19)11-10-16(23)20-18(15-8-9-15)14-6-4-13(3)5-7-14/h4-7,12,15,18H,8-11H2,1-3H3,(H,20,23)/t18-/m0/s1. The van der Waals surface area contributed by atoms with Crippen molar-refractivity contribution in [1.29, 1.82) is 0 Å². The Morgan fingerprint density at radius 2 is 2.00 bits per heavy atom. The van der Waals surface area contributed by atoms with Crippen molar-refractivity contribution in [3.8, 4) is 0 Å². The molecule has 0 bridgehead atoms. The van der Waals surface area contributed by atoms with Crippen LogP contribution in [0.3, 0.4) is 0 Å². The fourth-order valence-electron chi connectivity index (χ4n) is 2.75. The molecule has 1 aliphatic rings. The van der Waals surface area contributed by atoms with E-state index < -0.39 is 0 Å². The maximum atomic E-state index is 12.3. The largest absolute Gasteiger partial charge is 0.349 e. The van der Waals surface area contributed by atoms with E-state index in [1.54, 1.807) is 0 Å². The molecule has 0 aliphatic heterocycles. The molecule has 1 heterocycles. The summed E-state index contributed by atoms with van der Waals surface area (Å²) >= 11 is 0. The second kappa shape index (κ2) is 7.16. The Morgan fingerprint density at radius 3 is 2.58 bits per heavy atom. The van der Waals surface area contributed by atoms with Gasteiger partial charge >= 0.3 is 0 Å². The average Bonchev–Trinajstić information content (AvgIpc) is 3.28. The number of hydrogen-bond acceptors (Lipinski definition) is 4. The van der Waals surface area contributed by atoms with E-state index in [2.05, 4.69) is 46.6 Å². The lowest BCUT2D eigenvalue weighted by molar-refractivity contribution is -0.122. The van der Waals surface area contributed by atoms with E-state index in [9.17, 15) is 4.79 Å². The van der Waals surface area contributed by atoms with E-state index in [-0.39, 0.29) is 17.9 Å². The molecule has 1 aliphatic carbocycles. The Morgan fingerprint density at radius 1 is 1.29 bits per heavy atom. The van der Waals surface area contributed by atoms with Gasteiger partial charge in [0, 0.05) is 18.8 Å². The molecule has 1 aromatic carbocycles. The number of nitrogens with zero attached hydrogens (tertiary/aromatic N) is 2. The molecular weight excluding hydrogens is 302 g/mol. The molecule has 1 fully saturated rings. The van der Waals surface area contributed by atoms with Crippen molar-refractivity contribution in [2.24, 2.45) is 5.92 Å². The number of rotatable bonds is 7. The molecule has 0 radical (unpaired) electrons. The molecule has 1 saturated carbocycles. The van der Waals surface area contributed by atoms with Gasteiger partial charge in [-0.05, 0) is 31.2 Å². The Kier molecular flexibility index (Phi) is 4.97. The second-order valence-electron chi connectivity index (χ2n) is 6.99. The molecule has 3 rings (SSSR count). The predicted octanol–water partition coefficient (Wildman–Crippen LogP) is 3.70. The number of benzene rings is 1. The Labute approximate surface area is 142 Å². The number of aryl methyl sites for hydroxylation is 2. The van der Waals surface area contributed by atoms with Gasteiger partial charge in [-0.1, -0.05) is 48.8 Å². The summed E-state index contributed by atoms with van der Waals surface area (Å²) < 4.78 is 5.20. The first kappa shape index (κ1) is 16.7. The highest BCUT2D eigenvalue weighted by Gasteiger charge is 2.33. The van der Waals surface area contributed by atoms with E-state index >= 15 is 0 Å². The van der Waals surface area contributed by atoms with Gasteiger partial charge in [-0.25, -0.2) is 0 Å². The van der Waals surface area contributed by atoms with Gasteiger partial charge in [0.2, 0.25) is 11.8 Å². The number of hydrogen-bond donors (Lipinski definition) is 1. The van der Waals surface area contributed by atoms with Crippen molar-refractivity contribution < 1.29 is 9.32 Å². The summed E-state index contributed by atoms with van der Waals surface area (Å²) in [6.07, 6.45) is 3.21. The summed E-state index contributed by atoms with van der Waals surface area (Å²) in [7, 11) is 0. The van der Waals surface area contributed by atoms with Crippen LogP contribution in [0.15, 0.2) is 28.8 Å². The molecule has 128 valence electrons. The van der Waals surface area contributed by atoms with Crippen LogP contribution in [0.2, 0.25) is 0 Å². The van der Waals surface area contributed by atoms with E-state index in [4.69, 9.17) is 4.52 Å².